The first kappa shape index (κ1) is 14.1. The first-order chi connectivity index (χ1) is 7.86. The SMILES string of the molecule is CC(CC(NN)c1ccncc1F)C(C)(C)C. The van der Waals surface area contributed by atoms with E-state index in [1.165, 1.54) is 6.20 Å². The zero-order chi connectivity index (χ0) is 13.1. The number of nitrogens with two attached hydrogens (primary N) is 1. The minimum Gasteiger partial charge on any atom is -0.271 e. The molecule has 1 heterocycles. The second kappa shape index (κ2) is 5.56. The molecule has 0 saturated heterocycles. The Labute approximate surface area is 103 Å². The zero-order valence-corrected chi connectivity index (χ0v) is 11.0. The number of nitrogens with one attached hydrogen (secondary N) is 1. The van der Waals surface area contributed by atoms with E-state index < -0.39 is 0 Å². The van der Waals surface area contributed by atoms with Crippen molar-refractivity contribution >= 4 is 0 Å². The Kier molecular flexibility index (Phi) is 4.60. The molecule has 3 nitrogen and oxygen atoms in total. The Morgan fingerprint density at radius 2 is 2.12 bits per heavy atom. The number of rotatable bonds is 4. The van der Waals surface area contributed by atoms with Crippen molar-refractivity contribution in [2.24, 2.45) is 17.2 Å². The summed E-state index contributed by atoms with van der Waals surface area (Å²) < 4.78 is 13.6. The van der Waals surface area contributed by atoms with E-state index in [0.29, 0.717) is 11.5 Å². The summed E-state index contributed by atoms with van der Waals surface area (Å²) in [5.41, 5.74) is 3.46. The Morgan fingerprint density at radius 3 is 2.59 bits per heavy atom. The summed E-state index contributed by atoms with van der Waals surface area (Å²) in [5.74, 6) is 5.65. The maximum atomic E-state index is 13.6. The predicted octanol–water partition coefficient (Wildman–Crippen LogP) is 2.80. The fraction of sp³-hybridized carbons (Fsp3) is 0.615. The van der Waals surface area contributed by atoms with Crippen LogP contribution in [0.3, 0.4) is 0 Å². The molecule has 0 bridgehead atoms. The van der Waals surface area contributed by atoms with Gasteiger partial charge in [-0.3, -0.25) is 16.3 Å². The lowest BCUT2D eigenvalue weighted by atomic mass is 9.78. The van der Waals surface area contributed by atoms with Gasteiger partial charge in [0.2, 0.25) is 0 Å². The third kappa shape index (κ3) is 3.75. The van der Waals surface area contributed by atoms with E-state index in [4.69, 9.17) is 5.84 Å². The fourth-order valence-electron chi connectivity index (χ4n) is 1.66. The largest absolute Gasteiger partial charge is 0.271 e. The van der Waals surface area contributed by atoms with Crippen LogP contribution in [0.15, 0.2) is 18.5 Å². The number of halogens is 1. The Hall–Kier alpha value is -1.00. The first-order valence-electron chi connectivity index (χ1n) is 5.91. The van der Waals surface area contributed by atoms with Crippen LogP contribution >= 0.6 is 0 Å². The van der Waals surface area contributed by atoms with Gasteiger partial charge in [0.1, 0.15) is 5.82 Å². The summed E-state index contributed by atoms with van der Waals surface area (Å²) in [6, 6.07) is 1.50. The lowest BCUT2D eigenvalue weighted by molar-refractivity contribution is 0.222. The van der Waals surface area contributed by atoms with Gasteiger partial charge in [-0.15, -0.1) is 0 Å². The Balaban J connectivity index is 2.83. The van der Waals surface area contributed by atoms with Crippen molar-refractivity contribution in [3.8, 4) is 0 Å². The van der Waals surface area contributed by atoms with Crippen molar-refractivity contribution in [3.63, 3.8) is 0 Å². The molecule has 0 radical (unpaired) electrons. The van der Waals surface area contributed by atoms with Gasteiger partial charge in [-0.05, 0) is 23.8 Å². The predicted molar refractivity (Wildman–Crippen MR) is 67.5 cm³/mol. The van der Waals surface area contributed by atoms with Gasteiger partial charge in [0.05, 0.1) is 6.20 Å². The van der Waals surface area contributed by atoms with Gasteiger partial charge < -0.3 is 0 Å². The highest BCUT2D eigenvalue weighted by Gasteiger charge is 2.25. The summed E-state index contributed by atoms with van der Waals surface area (Å²) in [7, 11) is 0. The summed E-state index contributed by atoms with van der Waals surface area (Å²) >= 11 is 0. The highest BCUT2D eigenvalue weighted by Crippen LogP contribution is 2.33. The second-order valence-corrected chi connectivity index (χ2v) is 5.62. The molecule has 0 amide bonds. The van der Waals surface area contributed by atoms with E-state index in [1.807, 2.05) is 0 Å². The molecule has 2 unspecified atom stereocenters. The lowest BCUT2D eigenvalue weighted by Gasteiger charge is -2.30. The first-order valence-corrected chi connectivity index (χ1v) is 5.91. The van der Waals surface area contributed by atoms with Crippen LogP contribution < -0.4 is 11.3 Å². The normalized spacial score (nSPS) is 15.6. The molecule has 1 rings (SSSR count). The van der Waals surface area contributed by atoms with Crippen LogP contribution in [0.1, 0.15) is 45.7 Å². The molecule has 0 spiro atoms. The monoisotopic (exact) mass is 239 g/mol. The summed E-state index contributed by atoms with van der Waals surface area (Å²) in [5, 5.41) is 0. The van der Waals surface area contributed by atoms with E-state index in [-0.39, 0.29) is 17.3 Å². The molecule has 0 aliphatic heterocycles. The highest BCUT2D eigenvalue weighted by molar-refractivity contribution is 5.17. The molecule has 2 atom stereocenters. The van der Waals surface area contributed by atoms with Gasteiger partial charge in [0.25, 0.3) is 0 Å². The molecule has 0 aliphatic rings. The maximum Gasteiger partial charge on any atom is 0.146 e. The van der Waals surface area contributed by atoms with Gasteiger partial charge in [-0.2, -0.15) is 0 Å². The Bertz CT molecular complexity index is 360. The van der Waals surface area contributed by atoms with Crippen molar-refractivity contribution in [1.82, 2.24) is 10.4 Å². The van der Waals surface area contributed by atoms with E-state index in [2.05, 4.69) is 38.1 Å². The van der Waals surface area contributed by atoms with Crippen LogP contribution in [0.2, 0.25) is 0 Å². The molecular formula is C13H22FN3. The molecule has 96 valence electrons. The summed E-state index contributed by atoms with van der Waals surface area (Å²) in [4.78, 5) is 3.75. The molecule has 1 aromatic heterocycles. The number of hydrogen-bond donors (Lipinski definition) is 2. The number of aromatic nitrogens is 1. The molecule has 0 aromatic carbocycles. The highest BCUT2D eigenvalue weighted by atomic mass is 19.1. The number of hydrazine groups is 1. The Morgan fingerprint density at radius 1 is 1.47 bits per heavy atom. The van der Waals surface area contributed by atoms with E-state index in [0.717, 1.165) is 6.42 Å². The third-order valence-electron chi connectivity index (χ3n) is 3.45. The van der Waals surface area contributed by atoms with Crippen LogP contribution in [0.4, 0.5) is 4.39 Å². The average molecular weight is 239 g/mol. The van der Waals surface area contributed by atoms with E-state index in [1.54, 1.807) is 12.3 Å². The van der Waals surface area contributed by atoms with Crippen LogP contribution in [-0.2, 0) is 0 Å². The molecule has 3 N–H and O–H groups in total. The van der Waals surface area contributed by atoms with Gasteiger partial charge in [0.15, 0.2) is 0 Å². The summed E-state index contributed by atoms with van der Waals surface area (Å²) in [6.07, 6.45) is 3.60. The minimum absolute atomic E-state index is 0.174. The third-order valence-corrected chi connectivity index (χ3v) is 3.45. The topological polar surface area (TPSA) is 50.9 Å². The number of pyridine rings is 1. The number of hydrogen-bond acceptors (Lipinski definition) is 3. The van der Waals surface area contributed by atoms with Crippen molar-refractivity contribution in [1.29, 1.82) is 0 Å². The van der Waals surface area contributed by atoms with Crippen molar-refractivity contribution in [2.75, 3.05) is 0 Å². The van der Waals surface area contributed by atoms with E-state index >= 15 is 0 Å². The smallest absolute Gasteiger partial charge is 0.146 e. The van der Waals surface area contributed by atoms with Crippen LogP contribution in [0, 0.1) is 17.2 Å². The molecule has 0 aliphatic carbocycles. The maximum absolute atomic E-state index is 13.6. The second-order valence-electron chi connectivity index (χ2n) is 5.62. The molecule has 1 aromatic rings. The standard InChI is InChI=1S/C13H22FN3/c1-9(13(2,3)4)7-12(17-15)10-5-6-16-8-11(10)14/h5-6,8-9,12,17H,7,15H2,1-4H3. The average Bonchev–Trinajstić information content (AvgIpc) is 2.25. The van der Waals surface area contributed by atoms with Crippen LogP contribution in [-0.4, -0.2) is 4.98 Å². The van der Waals surface area contributed by atoms with Crippen LogP contribution in [0.5, 0.6) is 0 Å². The molecule has 0 fully saturated rings. The van der Waals surface area contributed by atoms with Gasteiger partial charge in [-0.25, -0.2) is 4.39 Å². The van der Waals surface area contributed by atoms with E-state index in [9.17, 15) is 4.39 Å². The van der Waals surface area contributed by atoms with Gasteiger partial charge in [0, 0.05) is 17.8 Å². The fourth-order valence-corrected chi connectivity index (χ4v) is 1.66. The summed E-state index contributed by atoms with van der Waals surface area (Å²) in [6.45, 7) is 8.68. The van der Waals surface area contributed by atoms with Crippen molar-refractivity contribution in [2.45, 2.75) is 40.2 Å². The van der Waals surface area contributed by atoms with Gasteiger partial charge in [-0.1, -0.05) is 27.7 Å². The molecule has 4 heteroatoms. The molecular weight excluding hydrogens is 217 g/mol. The number of nitrogens with zero attached hydrogens (tertiary/aromatic N) is 1. The molecule has 17 heavy (non-hydrogen) atoms. The van der Waals surface area contributed by atoms with Gasteiger partial charge >= 0.3 is 0 Å². The molecule has 0 saturated carbocycles. The lowest BCUT2D eigenvalue weighted by Crippen LogP contribution is -2.32. The van der Waals surface area contributed by atoms with Crippen molar-refractivity contribution < 1.29 is 4.39 Å². The quantitative estimate of drug-likeness (QED) is 0.627. The van der Waals surface area contributed by atoms with Crippen LogP contribution in [0.25, 0.3) is 0 Å². The van der Waals surface area contributed by atoms with Crippen molar-refractivity contribution in [3.05, 3.63) is 29.8 Å². The minimum atomic E-state index is -0.309. The zero-order valence-electron chi connectivity index (χ0n) is 11.0.